The van der Waals surface area contributed by atoms with E-state index in [4.69, 9.17) is 0 Å². The van der Waals surface area contributed by atoms with Crippen molar-refractivity contribution in [3.05, 3.63) is 0 Å². The second kappa shape index (κ2) is 7.75. The molecular formula is C24H54ISi3. The Labute approximate surface area is 196 Å². The van der Waals surface area contributed by atoms with Crippen LogP contribution in [-0.2, 0) is 0 Å². The van der Waals surface area contributed by atoms with Gasteiger partial charge in [-0.2, -0.15) is 0 Å². The monoisotopic (exact) mass is 553 g/mol. The van der Waals surface area contributed by atoms with E-state index in [-0.39, 0.29) is 0 Å². The van der Waals surface area contributed by atoms with Crippen LogP contribution >= 0.6 is 21.8 Å². The van der Waals surface area contributed by atoms with Gasteiger partial charge in [-0.3, -0.25) is 0 Å². The first-order chi connectivity index (χ1) is 11.7. The molecule has 0 nitrogen and oxygen atoms in total. The summed E-state index contributed by atoms with van der Waals surface area (Å²) in [6, 6.07) is 0. The van der Waals surface area contributed by atoms with Gasteiger partial charge in [0.1, 0.15) is 5.33 Å². The van der Waals surface area contributed by atoms with E-state index in [1.807, 2.05) is 0 Å². The molecule has 0 aromatic heterocycles. The van der Waals surface area contributed by atoms with Gasteiger partial charge in [0.15, 0.2) is 0 Å². The highest BCUT2D eigenvalue weighted by atomic mass is 127. The molecule has 0 aliphatic carbocycles. The fourth-order valence-corrected chi connectivity index (χ4v) is 110. The lowest BCUT2D eigenvalue weighted by molar-refractivity contribution is 0.544. The Hall–Kier alpha value is 1.38. The summed E-state index contributed by atoms with van der Waals surface area (Å²) < 4.78 is 0. The molecule has 0 aromatic rings. The highest BCUT2D eigenvalue weighted by Crippen LogP contribution is 2.72. The third-order valence-electron chi connectivity index (χ3n) is 7.41. The standard InChI is InChI=1S/C24H54ISi3/c1-19(2,3)27(20(4,5)6,21(7,8)9)26(25)28(22(10,11)12,23(13,14)15)24(16,17)18/h1-18H3. The molecule has 0 N–H and O–H groups in total. The molecule has 0 atom stereocenters. The van der Waals surface area contributed by atoms with Crippen molar-refractivity contribution in [3.8, 4) is 0 Å². The zero-order chi connectivity index (χ0) is 23.6. The van der Waals surface area contributed by atoms with E-state index >= 15 is 0 Å². The van der Waals surface area contributed by atoms with Gasteiger partial charge in [-0.1, -0.05) is 125 Å². The highest BCUT2D eigenvalue weighted by Gasteiger charge is 2.74. The Bertz CT molecular complexity index is 415. The number of halogens is 1. The molecule has 0 aromatic carbocycles. The Morgan fingerprint density at radius 2 is 0.464 bits per heavy atom. The predicted molar refractivity (Wildman–Crippen MR) is 150 cm³/mol. The third-order valence-corrected chi connectivity index (χ3v) is 61.0. The van der Waals surface area contributed by atoms with Crippen molar-refractivity contribution in [3.63, 3.8) is 0 Å². The average Bonchev–Trinajstić information content (AvgIpc) is 2.14. The quantitative estimate of drug-likeness (QED) is 0.181. The maximum atomic E-state index is 3.15. The van der Waals surface area contributed by atoms with E-state index in [0.29, 0.717) is 30.2 Å². The summed E-state index contributed by atoms with van der Waals surface area (Å²) in [5.41, 5.74) is 0. The van der Waals surface area contributed by atoms with E-state index in [1.54, 1.807) is 0 Å². The van der Waals surface area contributed by atoms with Crippen LogP contribution < -0.4 is 0 Å². The second-order valence-electron chi connectivity index (χ2n) is 15.3. The van der Waals surface area contributed by atoms with Crippen LogP contribution in [0.15, 0.2) is 0 Å². The first-order valence-electron chi connectivity index (χ1n) is 11.2. The molecule has 4 heteroatoms. The van der Waals surface area contributed by atoms with Gasteiger partial charge in [0.05, 0.1) is 15.2 Å². The van der Waals surface area contributed by atoms with Gasteiger partial charge in [-0.15, -0.1) is 21.8 Å². The first kappa shape index (κ1) is 29.4. The topological polar surface area (TPSA) is 0 Å². The zero-order valence-corrected chi connectivity index (χ0v) is 28.0. The molecule has 0 saturated carbocycles. The number of hydrogen-bond donors (Lipinski definition) is 0. The van der Waals surface area contributed by atoms with Gasteiger partial charge in [0.2, 0.25) is 0 Å². The van der Waals surface area contributed by atoms with Crippen molar-refractivity contribution in [1.82, 2.24) is 0 Å². The van der Waals surface area contributed by atoms with E-state index < -0.39 is 20.5 Å². The molecule has 1 radical (unpaired) electrons. The largest absolute Gasteiger partial charge is 0.128 e. The molecule has 0 bridgehead atoms. The molecule has 0 aliphatic rings. The van der Waals surface area contributed by atoms with Crippen LogP contribution in [0, 0.1) is 0 Å². The highest BCUT2D eigenvalue weighted by molar-refractivity contribution is 14.1. The van der Waals surface area contributed by atoms with Crippen LogP contribution in [0.2, 0.25) is 30.2 Å². The van der Waals surface area contributed by atoms with Crippen molar-refractivity contribution in [1.29, 1.82) is 0 Å². The van der Waals surface area contributed by atoms with Gasteiger partial charge in [0, 0.05) is 0 Å². The van der Waals surface area contributed by atoms with Crippen molar-refractivity contribution < 1.29 is 0 Å². The summed E-state index contributed by atoms with van der Waals surface area (Å²) >= 11 is 3.15. The van der Waals surface area contributed by atoms with Crippen LogP contribution in [0.5, 0.6) is 0 Å². The van der Waals surface area contributed by atoms with E-state index in [9.17, 15) is 0 Å². The van der Waals surface area contributed by atoms with Crippen LogP contribution in [0.25, 0.3) is 0 Å². The second-order valence-corrected chi connectivity index (χ2v) is 46.3. The van der Waals surface area contributed by atoms with Crippen LogP contribution in [-0.4, -0.2) is 20.5 Å². The Kier molecular flexibility index (Phi) is 8.14. The Morgan fingerprint density at radius 1 is 0.357 bits per heavy atom. The van der Waals surface area contributed by atoms with E-state index in [0.717, 1.165) is 0 Å². The molecule has 0 unspecified atom stereocenters. The molecule has 0 rings (SSSR count). The summed E-state index contributed by atoms with van der Waals surface area (Å²) in [6.07, 6.45) is 0. The van der Waals surface area contributed by atoms with Gasteiger partial charge in [-0.05, 0) is 30.2 Å². The van der Waals surface area contributed by atoms with Gasteiger partial charge < -0.3 is 0 Å². The summed E-state index contributed by atoms with van der Waals surface area (Å²) in [5.74, 6) is 0. The third kappa shape index (κ3) is 4.20. The van der Waals surface area contributed by atoms with Crippen LogP contribution in [0.4, 0.5) is 0 Å². The maximum Gasteiger partial charge on any atom is 0.115 e. The lowest BCUT2D eigenvalue weighted by Gasteiger charge is -2.71. The van der Waals surface area contributed by atoms with Crippen LogP contribution in [0.3, 0.4) is 0 Å². The molecule has 0 amide bonds. The minimum absolute atomic E-state index is 0.374. The number of hydrogen-bond acceptors (Lipinski definition) is 0. The molecule has 0 fully saturated rings. The van der Waals surface area contributed by atoms with Crippen molar-refractivity contribution in [2.24, 2.45) is 0 Å². The minimum atomic E-state index is -1.82. The van der Waals surface area contributed by atoms with Gasteiger partial charge in [-0.25, -0.2) is 0 Å². The molecule has 0 spiro atoms. The predicted octanol–water partition coefficient (Wildman–Crippen LogP) is 10.3. The Balaban J connectivity index is 7.83. The Morgan fingerprint density at radius 3 is 0.536 bits per heavy atom. The number of rotatable bonds is 2. The molecule has 0 saturated heterocycles. The normalized spacial score (nSPS) is 16.7. The fraction of sp³-hybridized carbons (Fsp3) is 1.00. The maximum absolute atomic E-state index is 3.15. The molecule has 28 heavy (non-hydrogen) atoms. The van der Waals surface area contributed by atoms with E-state index in [2.05, 4.69) is 146 Å². The lowest BCUT2D eigenvalue weighted by atomic mass is 10.2. The van der Waals surface area contributed by atoms with Crippen molar-refractivity contribution >= 4 is 42.3 Å². The van der Waals surface area contributed by atoms with Crippen molar-refractivity contribution in [2.45, 2.75) is 155 Å². The summed E-state index contributed by atoms with van der Waals surface area (Å²) in [4.78, 5) is 0. The molecule has 0 aliphatic heterocycles. The molecule has 169 valence electrons. The fourth-order valence-electron chi connectivity index (χ4n) is 9.01. The van der Waals surface area contributed by atoms with E-state index in [1.165, 1.54) is 0 Å². The minimum Gasteiger partial charge on any atom is -0.128 e. The molecular weight excluding hydrogens is 499 g/mol. The lowest BCUT2D eigenvalue weighted by Crippen LogP contribution is -2.80. The van der Waals surface area contributed by atoms with Crippen molar-refractivity contribution in [2.75, 3.05) is 0 Å². The summed E-state index contributed by atoms with van der Waals surface area (Å²) in [5, 5.41) is 1.56. The first-order valence-corrected chi connectivity index (χ1v) is 21.8. The smallest absolute Gasteiger partial charge is 0.115 e. The van der Waals surface area contributed by atoms with Crippen LogP contribution in [0.1, 0.15) is 125 Å². The summed E-state index contributed by atoms with van der Waals surface area (Å²) in [6.45, 7) is 46.9. The van der Waals surface area contributed by atoms with Gasteiger partial charge >= 0.3 is 0 Å². The molecule has 0 heterocycles. The zero-order valence-electron chi connectivity index (χ0n) is 22.9. The summed E-state index contributed by atoms with van der Waals surface area (Å²) in [7, 11) is -3.64. The van der Waals surface area contributed by atoms with Gasteiger partial charge in [0.25, 0.3) is 0 Å². The average molecular weight is 554 g/mol. The SMILES string of the molecule is CC(C)(C)[Si]([Si](I)[Si](C(C)(C)C)(C(C)(C)C)C(C)(C)C)(C(C)(C)C)C(C)(C)C.